The van der Waals surface area contributed by atoms with Gasteiger partial charge in [0.15, 0.2) is 5.11 Å². The van der Waals surface area contributed by atoms with Crippen LogP contribution in [0.4, 0.5) is 5.69 Å². The molecule has 2 aromatic carbocycles. The molecule has 0 aliphatic rings. The van der Waals surface area contributed by atoms with Crippen molar-refractivity contribution in [2.24, 2.45) is 5.73 Å². The van der Waals surface area contributed by atoms with Gasteiger partial charge in [-0.1, -0.05) is 23.8 Å². The lowest BCUT2D eigenvalue weighted by molar-refractivity contribution is 0.100. The average molecular weight is 349 g/mol. The van der Waals surface area contributed by atoms with E-state index in [1.807, 2.05) is 6.92 Å². The topological polar surface area (TPSA) is 101 Å². The lowest BCUT2D eigenvalue weighted by Gasteiger charge is -2.12. The maximum Gasteiger partial charge on any atom is 0.263 e. The molecule has 0 aliphatic heterocycles. The first-order valence-corrected chi connectivity index (χ1v) is 8.47. The highest BCUT2D eigenvalue weighted by Crippen LogP contribution is 2.12. The fourth-order valence-corrected chi connectivity index (χ4v) is 3.16. The van der Waals surface area contributed by atoms with Crippen LogP contribution in [-0.4, -0.2) is 19.4 Å². The summed E-state index contributed by atoms with van der Waals surface area (Å²) in [5.74, 6) is -0.584. The van der Waals surface area contributed by atoms with Crippen molar-refractivity contribution >= 4 is 38.9 Å². The van der Waals surface area contributed by atoms with E-state index >= 15 is 0 Å². The Morgan fingerprint density at radius 3 is 2.39 bits per heavy atom. The van der Waals surface area contributed by atoms with Gasteiger partial charge in [0, 0.05) is 11.3 Å². The molecular formula is C15H15N3O3S2. The minimum atomic E-state index is -3.77. The predicted molar refractivity (Wildman–Crippen MR) is 92.7 cm³/mol. The van der Waals surface area contributed by atoms with Gasteiger partial charge >= 0.3 is 0 Å². The van der Waals surface area contributed by atoms with Crippen LogP contribution in [0.3, 0.4) is 0 Å². The Morgan fingerprint density at radius 2 is 1.78 bits per heavy atom. The molecule has 0 saturated carbocycles. The number of carbonyl (C=O) groups excluding carboxylic acids is 1. The summed E-state index contributed by atoms with van der Waals surface area (Å²) in [6.45, 7) is 1.86. The summed E-state index contributed by atoms with van der Waals surface area (Å²) in [6, 6.07) is 12.7. The van der Waals surface area contributed by atoms with Crippen LogP contribution < -0.4 is 15.8 Å². The Balaban J connectivity index is 2.11. The van der Waals surface area contributed by atoms with Crippen LogP contribution in [0.25, 0.3) is 0 Å². The average Bonchev–Trinajstić information content (AvgIpc) is 2.47. The zero-order valence-electron chi connectivity index (χ0n) is 12.2. The minimum absolute atomic E-state index is 0.104. The molecule has 6 nitrogen and oxygen atoms in total. The van der Waals surface area contributed by atoms with Gasteiger partial charge in [-0.05, 0) is 49.5 Å². The van der Waals surface area contributed by atoms with Gasteiger partial charge in [0.25, 0.3) is 10.0 Å². The van der Waals surface area contributed by atoms with E-state index in [0.717, 1.165) is 5.56 Å². The van der Waals surface area contributed by atoms with E-state index in [4.69, 9.17) is 18.0 Å². The molecule has 120 valence electrons. The minimum Gasteiger partial charge on any atom is -0.366 e. The summed E-state index contributed by atoms with van der Waals surface area (Å²) in [6.07, 6.45) is 0. The molecule has 0 atom stereocenters. The summed E-state index contributed by atoms with van der Waals surface area (Å²) in [5, 5.41) is 2.60. The number of nitrogens with two attached hydrogens (primary N) is 1. The first kappa shape index (κ1) is 16.9. The molecule has 8 heteroatoms. The number of thiocarbonyl (C=S) groups is 1. The van der Waals surface area contributed by atoms with Gasteiger partial charge < -0.3 is 11.1 Å². The molecule has 1 amide bonds. The predicted octanol–water partition coefficient (Wildman–Crippen LogP) is 1.77. The molecule has 0 spiro atoms. The van der Waals surface area contributed by atoms with E-state index in [2.05, 4.69) is 10.0 Å². The highest BCUT2D eigenvalue weighted by atomic mass is 32.2. The van der Waals surface area contributed by atoms with Crippen molar-refractivity contribution in [2.75, 3.05) is 5.32 Å². The zero-order valence-corrected chi connectivity index (χ0v) is 13.9. The number of sulfonamides is 1. The zero-order chi connectivity index (χ0) is 17.0. The monoisotopic (exact) mass is 349 g/mol. The summed E-state index contributed by atoms with van der Waals surface area (Å²) in [5.41, 5.74) is 6.89. The second-order valence-electron chi connectivity index (χ2n) is 4.82. The van der Waals surface area contributed by atoms with Crippen molar-refractivity contribution in [3.8, 4) is 0 Å². The van der Waals surface area contributed by atoms with Gasteiger partial charge in [-0.15, -0.1) is 0 Å². The van der Waals surface area contributed by atoms with E-state index in [-0.39, 0.29) is 10.0 Å². The van der Waals surface area contributed by atoms with Gasteiger partial charge in [0.2, 0.25) is 5.91 Å². The molecule has 0 bridgehead atoms. The number of nitrogens with one attached hydrogen (secondary N) is 2. The van der Waals surface area contributed by atoms with Gasteiger partial charge in [-0.2, -0.15) is 0 Å². The lowest BCUT2D eigenvalue weighted by Crippen LogP contribution is -2.34. The molecule has 0 saturated heterocycles. The smallest absolute Gasteiger partial charge is 0.263 e. The maximum atomic E-state index is 12.2. The third kappa shape index (κ3) is 4.51. The molecule has 2 rings (SSSR count). The maximum absolute atomic E-state index is 12.2. The van der Waals surface area contributed by atoms with Crippen molar-refractivity contribution < 1.29 is 13.2 Å². The van der Waals surface area contributed by atoms with Crippen LogP contribution in [0.15, 0.2) is 53.4 Å². The van der Waals surface area contributed by atoms with Crippen molar-refractivity contribution in [3.05, 3.63) is 59.7 Å². The highest BCUT2D eigenvalue weighted by Gasteiger charge is 2.15. The Hall–Kier alpha value is -2.45. The molecule has 4 N–H and O–H groups in total. The number of amides is 1. The fraction of sp³-hybridized carbons (Fsp3) is 0.0667. The summed E-state index contributed by atoms with van der Waals surface area (Å²) in [4.78, 5) is 11.2. The Bertz CT molecular complexity index is 847. The number of rotatable bonds is 4. The highest BCUT2D eigenvalue weighted by molar-refractivity contribution is 7.92. The fourth-order valence-electron chi connectivity index (χ4n) is 1.81. The van der Waals surface area contributed by atoms with E-state index in [1.165, 1.54) is 18.2 Å². The van der Waals surface area contributed by atoms with E-state index in [9.17, 15) is 13.2 Å². The van der Waals surface area contributed by atoms with Crippen LogP contribution >= 0.6 is 12.2 Å². The van der Waals surface area contributed by atoms with Crippen LogP contribution in [0.1, 0.15) is 15.9 Å². The van der Waals surface area contributed by atoms with Crippen LogP contribution in [0.2, 0.25) is 0 Å². The molecule has 0 heterocycles. The number of carbonyl (C=O) groups is 1. The molecule has 2 aromatic rings. The van der Waals surface area contributed by atoms with E-state index in [1.54, 1.807) is 30.3 Å². The molecular weight excluding hydrogens is 334 g/mol. The number of benzene rings is 2. The van der Waals surface area contributed by atoms with Gasteiger partial charge in [-0.25, -0.2) is 8.42 Å². The Morgan fingerprint density at radius 1 is 1.13 bits per heavy atom. The molecule has 0 radical (unpaired) electrons. The number of hydrogen-bond donors (Lipinski definition) is 3. The molecule has 0 unspecified atom stereocenters. The Labute approximate surface area is 139 Å². The number of hydrogen-bond acceptors (Lipinski definition) is 4. The van der Waals surface area contributed by atoms with Crippen molar-refractivity contribution in [3.63, 3.8) is 0 Å². The van der Waals surface area contributed by atoms with Gasteiger partial charge in [0.05, 0.1) is 4.90 Å². The van der Waals surface area contributed by atoms with Crippen molar-refractivity contribution in [1.29, 1.82) is 0 Å². The van der Waals surface area contributed by atoms with Gasteiger partial charge in [-0.3, -0.25) is 9.52 Å². The van der Waals surface area contributed by atoms with Gasteiger partial charge in [0.1, 0.15) is 0 Å². The first-order chi connectivity index (χ1) is 10.8. The summed E-state index contributed by atoms with van der Waals surface area (Å²) >= 11 is 5.00. The van der Waals surface area contributed by atoms with Crippen LogP contribution in [0.5, 0.6) is 0 Å². The molecule has 23 heavy (non-hydrogen) atoms. The third-order valence-corrected chi connectivity index (χ3v) is 4.66. The number of aryl methyl sites for hydroxylation is 1. The van der Waals surface area contributed by atoms with Crippen LogP contribution in [0, 0.1) is 6.92 Å². The van der Waals surface area contributed by atoms with E-state index < -0.39 is 15.9 Å². The van der Waals surface area contributed by atoms with Crippen molar-refractivity contribution in [2.45, 2.75) is 11.8 Å². The van der Waals surface area contributed by atoms with Crippen molar-refractivity contribution in [1.82, 2.24) is 4.72 Å². The second kappa shape index (κ2) is 6.76. The molecule has 0 aliphatic carbocycles. The lowest BCUT2D eigenvalue weighted by atomic mass is 10.2. The van der Waals surface area contributed by atoms with Crippen LogP contribution in [-0.2, 0) is 10.0 Å². The summed E-state index contributed by atoms with van der Waals surface area (Å²) < 4.78 is 26.7. The third-order valence-electron chi connectivity index (χ3n) is 2.96. The standard InChI is InChI=1S/C15H15N3O3S2/c1-10-5-7-13(8-6-10)23(20,21)18-15(22)17-12-4-2-3-11(9-12)14(16)19/h2-9H,1H3,(H2,16,19)(H2,17,18,22). The first-order valence-electron chi connectivity index (χ1n) is 6.58. The number of anilines is 1. The number of primary amides is 1. The SMILES string of the molecule is Cc1ccc(S(=O)(=O)NC(=S)Nc2cccc(C(N)=O)c2)cc1. The molecule has 0 fully saturated rings. The molecule has 0 aromatic heterocycles. The van der Waals surface area contributed by atoms with E-state index in [0.29, 0.717) is 11.3 Å². The normalized spacial score (nSPS) is 10.8. The second-order valence-corrected chi connectivity index (χ2v) is 6.91. The largest absolute Gasteiger partial charge is 0.366 e. The Kier molecular flexibility index (Phi) is 4.97. The summed E-state index contributed by atoms with van der Waals surface area (Å²) in [7, 11) is -3.77. The quantitative estimate of drug-likeness (QED) is 0.730.